The molecule has 3 rings (SSSR count). The van der Waals surface area contributed by atoms with Crippen molar-refractivity contribution in [3.63, 3.8) is 0 Å². The van der Waals surface area contributed by atoms with Crippen LogP contribution in [0.4, 0.5) is 4.39 Å². The van der Waals surface area contributed by atoms with Crippen LogP contribution in [-0.2, 0) is 13.6 Å². The van der Waals surface area contributed by atoms with E-state index in [1.54, 1.807) is 25.1 Å². The monoisotopic (exact) mass is 412 g/mol. The van der Waals surface area contributed by atoms with Gasteiger partial charge in [0.15, 0.2) is 0 Å². The normalized spacial score (nSPS) is 20.8. The Balaban J connectivity index is 2.02. The van der Waals surface area contributed by atoms with Crippen LogP contribution >= 0.6 is 7.60 Å². The summed E-state index contributed by atoms with van der Waals surface area (Å²) >= 11 is -0.0175. The van der Waals surface area contributed by atoms with E-state index in [2.05, 4.69) is 0 Å². The van der Waals surface area contributed by atoms with Gasteiger partial charge in [-0.15, -0.1) is 0 Å². The van der Waals surface area contributed by atoms with Crippen molar-refractivity contribution in [3.8, 4) is 0 Å². The first-order chi connectivity index (χ1) is 11.6. The standard InChI is InChI=1S/C18H18FO3PSe/c1-2-21-23(20)13-12-17(24-14-8-4-3-5-9-14)18(22-23)15-10-6-7-11-16(15)19/h3-11H,2,12-13H2,1H3. The molecule has 1 aliphatic rings. The maximum atomic E-state index is 14.3. The summed E-state index contributed by atoms with van der Waals surface area (Å²) in [5.41, 5.74) is 0.352. The molecule has 0 spiro atoms. The Hall–Kier alpha value is -1.38. The molecule has 0 bridgehead atoms. The van der Waals surface area contributed by atoms with Crippen LogP contribution in [0.3, 0.4) is 0 Å². The first-order valence-corrected chi connectivity index (χ1v) is 11.2. The number of benzene rings is 2. The molecule has 2 aromatic carbocycles. The minimum atomic E-state index is -3.21. The zero-order chi connectivity index (χ0) is 17.0. The number of halogens is 1. The molecule has 0 saturated carbocycles. The van der Waals surface area contributed by atoms with Crippen molar-refractivity contribution in [2.45, 2.75) is 13.3 Å². The average molecular weight is 411 g/mol. The zero-order valence-electron chi connectivity index (χ0n) is 13.3. The van der Waals surface area contributed by atoms with Gasteiger partial charge in [0.1, 0.15) is 0 Å². The van der Waals surface area contributed by atoms with Crippen molar-refractivity contribution in [3.05, 3.63) is 70.4 Å². The summed E-state index contributed by atoms with van der Waals surface area (Å²) in [4.78, 5) is 0. The van der Waals surface area contributed by atoms with Crippen LogP contribution in [0.2, 0.25) is 0 Å². The van der Waals surface area contributed by atoms with Gasteiger partial charge in [-0.3, -0.25) is 0 Å². The van der Waals surface area contributed by atoms with Gasteiger partial charge in [0, 0.05) is 0 Å². The summed E-state index contributed by atoms with van der Waals surface area (Å²) in [5.74, 6) is 0.0128. The predicted molar refractivity (Wildman–Crippen MR) is 95.0 cm³/mol. The predicted octanol–water partition coefficient (Wildman–Crippen LogP) is 4.17. The van der Waals surface area contributed by atoms with Crippen molar-refractivity contribution >= 4 is 32.8 Å². The third-order valence-electron chi connectivity index (χ3n) is 3.52. The van der Waals surface area contributed by atoms with Crippen LogP contribution < -0.4 is 4.46 Å². The summed E-state index contributed by atoms with van der Waals surface area (Å²) in [6.07, 6.45) is 0.929. The number of rotatable bonds is 5. The van der Waals surface area contributed by atoms with E-state index < -0.39 is 7.60 Å². The van der Waals surface area contributed by atoms with Crippen LogP contribution in [0.5, 0.6) is 0 Å². The van der Waals surface area contributed by atoms with Crippen LogP contribution in [0, 0.1) is 5.82 Å². The topological polar surface area (TPSA) is 35.5 Å². The van der Waals surface area contributed by atoms with Crippen molar-refractivity contribution in [1.29, 1.82) is 0 Å². The summed E-state index contributed by atoms with van der Waals surface area (Å²) in [7, 11) is -3.21. The SMILES string of the molecule is CCOP1(=O)CCC([Se]c2ccccc2)=C(c2ccccc2F)O1. The van der Waals surface area contributed by atoms with E-state index in [0.717, 1.165) is 4.47 Å². The first kappa shape index (κ1) is 17.4. The van der Waals surface area contributed by atoms with Crippen molar-refractivity contribution in [2.24, 2.45) is 0 Å². The molecule has 1 aliphatic heterocycles. The Kier molecular flexibility index (Phi) is 5.57. The van der Waals surface area contributed by atoms with Gasteiger partial charge in [0.05, 0.1) is 0 Å². The summed E-state index contributed by atoms with van der Waals surface area (Å²) in [6, 6.07) is 16.4. The fraction of sp³-hybridized carbons (Fsp3) is 0.222. The molecule has 6 heteroatoms. The van der Waals surface area contributed by atoms with Crippen molar-refractivity contribution < 1.29 is 18.0 Å². The average Bonchev–Trinajstić information content (AvgIpc) is 2.58. The molecule has 0 aromatic heterocycles. The molecule has 0 N–H and O–H groups in total. The van der Waals surface area contributed by atoms with Gasteiger partial charge in [-0.25, -0.2) is 0 Å². The first-order valence-electron chi connectivity index (χ1n) is 7.75. The summed E-state index contributed by atoms with van der Waals surface area (Å²) < 4.78 is 40.3. The molecule has 0 fully saturated rings. The molecule has 0 amide bonds. The minimum absolute atomic E-state index is 0.0175. The van der Waals surface area contributed by atoms with Crippen LogP contribution in [0.15, 0.2) is 59.1 Å². The second-order valence-electron chi connectivity index (χ2n) is 5.24. The number of hydrogen-bond acceptors (Lipinski definition) is 3. The molecule has 0 saturated heterocycles. The third kappa shape index (κ3) is 3.99. The van der Waals surface area contributed by atoms with Gasteiger partial charge >= 0.3 is 147 Å². The fourth-order valence-electron chi connectivity index (χ4n) is 2.45. The van der Waals surface area contributed by atoms with E-state index in [1.807, 2.05) is 30.3 Å². The summed E-state index contributed by atoms with van der Waals surface area (Å²) in [6.45, 7) is 2.08. The molecular weight excluding hydrogens is 393 g/mol. The van der Waals surface area contributed by atoms with Gasteiger partial charge in [-0.05, 0) is 0 Å². The molecule has 126 valence electrons. The van der Waals surface area contributed by atoms with Crippen LogP contribution in [-0.4, -0.2) is 27.7 Å². The van der Waals surface area contributed by atoms with Crippen LogP contribution in [0.1, 0.15) is 18.9 Å². The molecule has 3 nitrogen and oxygen atoms in total. The van der Waals surface area contributed by atoms with E-state index in [4.69, 9.17) is 9.05 Å². The second-order valence-corrected chi connectivity index (χ2v) is 9.80. The molecule has 24 heavy (non-hydrogen) atoms. The maximum absolute atomic E-state index is 14.3. The summed E-state index contributed by atoms with van der Waals surface area (Å²) in [5, 5.41) is 0. The van der Waals surface area contributed by atoms with Crippen LogP contribution in [0.25, 0.3) is 5.76 Å². The Morgan fingerprint density at radius 1 is 1.17 bits per heavy atom. The van der Waals surface area contributed by atoms with Gasteiger partial charge in [0.2, 0.25) is 0 Å². The van der Waals surface area contributed by atoms with E-state index >= 15 is 0 Å². The van der Waals surface area contributed by atoms with E-state index in [-0.39, 0.29) is 20.8 Å². The third-order valence-corrected chi connectivity index (χ3v) is 7.81. The fourth-order valence-corrected chi connectivity index (χ4v) is 6.73. The molecule has 1 heterocycles. The second kappa shape index (κ2) is 7.67. The Morgan fingerprint density at radius 2 is 1.88 bits per heavy atom. The molecule has 1 unspecified atom stereocenters. The van der Waals surface area contributed by atoms with Gasteiger partial charge < -0.3 is 0 Å². The number of allylic oxidation sites excluding steroid dienone is 1. The van der Waals surface area contributed by atoms with Gasteiger partial charge in [0.25, 0.3) is 0 Å². The molecule has 0 aliphatic carbocycles. The Bertz CT molecular complexity index is 792. The van der Waals surface area contributed by atoms with Gasteiger partial charge in [-0.2, -0.15) is 0 Å². The van der Waals surface area contributed by atoms with Crippen molar-refractivity contribution in [1.82, 2.24) is 0 Å². The molecule has 2 aromatic rings. The van der Waals surface area contributed by atoms with Gasteiger partial charge in [-0.1, -0.05) is 0 Å². The van der Waals surface area contributed by atoms with E-state index in [1.165, 1.54) is 10.5 Å². The van der Waals surface area contributed by atoms with E-state index in [9.17, 15) is 8.96 Å². The van der Waals surface area contributed by atoms with Crippen molar-refractivity contribution in [2.75, 3.05) is 12.8 Å². The Morgan fingerprint density at radius 3 is 2.58 bits per heavy atom. The zero-order valence-corrected chi connectivity index (χ0v) is 15.9. The molecule has 0 radical (unpaired) electrons. The Labute approximate surface area is 147 Å². The van der Waals surface area contributed by atoms with E-state index in [0.29, 0.717) is 30.5 Å². The molecule has 1 atom stereocenters. The number of hydrogen-bond donors (Lipinski definition) is 0. The quantitative estimate of drug-likeness (QED) is 0.547. The molecular formula is C18H18FO3PSe.